The Hall–Kier alpha value is -0.120. The number of nitrogens with one attached hydrogen (secondary N) is 1. The van der Waals surface area contributed by atoms with Crippen molar-refractivity contribution in [1.29, 1.82) is 0 Å². The van der Waals surface area contributed by atoms with Crippen LogP contribution in [0.4, 0.5) is 0 Å². The Morgan fingerprint density at radius 3 is 2.56 bits per heavy atom. The summed E-state index contributed by atoms with van der Waals surface area (Å²) in [5.74, 6) is 0.970. The van der Waals surface area contributed by atoms with Crippen molar-refractivity contribution in [3.8, 4) is 0 Å². The van der Waals surface area contributed by atoms with E-state index in [0.717, 1.165) is 19.0 Å². The monoisotopic (exact) mass is 227 g/mol. The number of nitrogens with zero attached hydrogens (tertiary/aromatic N) is 2. The molecule has 1 N–H and O–H groups in total. The molecule has 0 atom stereocenters. The summed E-state index contributed by atoms with van der Waals surface area (Å²) >= 11 is 0. The Morgan fingerprint density at radius 2 is 1.94 bits per heavy atom. The minimum atomic E-state index is 0.970. The van der Waals surface area contributed by atoms with Gasteiger partial charge in [0.25, 0.3) is 0 Å². The third-order valence-corrected chi connectivity index (χ3v) is 3.68. The molecule has 1 heterocycles. The molecule has 3 heteroatoms. The van der Waals surface area contributed by atoms with E-state index < -0.39 is 0 Å². The third-order valence-electron chi connectivity index (χ3n) is 3.68. The molecule has 0 saturated carbocycles. The smallest absolute Gasteiger partial charge is 0.0104 e. The van der Waals surface area contributed by atoms with Crippen LogP contribution in [0.5, 0.6) is 0 Å². The minimum Gasteiger partial charge on any atom is -0.316 e. The lowest BCUT2D eigenvalue weighted by Gasteiger charge is -2.30. The number of rotatable bonds is 7. The van der Waals surface area contributed by atoms with Gasteiger partial charge in [0.2, 0.25) is 0 Å². The second-order valence-electron chi connectivity index (χ2n) is 5.19. The average Bonchev–Trinajstić information content (AvgIpc) is 2.29. The van der Waals surface area contributed by atoms with Crippen molar-refractivity contribution in [1.82, 2.24) is 15.1 Å². The van der Waals surface area contributed by atoms with Crippen molar-refractivity contribution < 1.29 is 0 Å². The first kappa shape index (κ1) is 13.9. The quantitative estimate of drug-likeness (QED) is 0.661. The lowest BCUT2D eigenvalue weighted by molar-refractivity contribution is 0.196. The van der Waals surface area contributed by atoms with Gasteiger partial charge in [-0.1, -0.05) is 6.92 Å². The van der Waals surface area contributed by atoms with E-state index in [1.54, 1.807) is 0 Å². The van der Waals surface area contributed by atoms with Gasteiger partial charge in [-0.2, -0.15) is 0 Å². The molecular formula is C13H29N3. The highest BCUT2D eigenvalue weighted by molar-refractivity contribution is 4.71. The SMILES string of the molecule is CCNCCN(C)CCC1CCN(C)CC1. The molecule has 0 aromatic heterocycles. The third kappa shape index (κ3) is 5.83. The summed E-state index contributed by atoms with van der Waals surface area (Å²) < 4.78 is 0. The van der Waals surface area contributed by atoms with Gasteiger partial charge in [0.1, 0.15) is 0 Å². The van der Waals surface area contributed by atoms with Gasteiger partial charge in [-0.15, -0.1) is 0 Å². The zero-order valence-corrected chi connectivity index (χ0v) is 11.3. The molecular weight excluding hydrogens is 198 g/mol. The molecule has 1 rings (SSSR count). The van der Waals surface area contributed by atoms with Crippen LogP contribution in [-0.2, 0) is 0 Å². The van der Waals surface area contributed by atoms with E-state index in [0.29, 0.717) is 0 Å². The van der Waals surface area contributed by atoms with Crippen molar-refractivity contribution >= 4 is 0 Å². The second-order valence-corrected chi connectivity index (χ2v) is 5.19. The Bertz CT molecular complexity index is 165. The maximum atomic E-state index is 3.37. The molecule has 0 bridgehead atoms. The Morgan fingerprint density at radius 1 is 1.25 bits per heavy atom. The fraction of sp³-hybridized carbons (Fsp3) is 1.00. The minimum absolute atomic E-state index is 0.970. The van der Waals surface area contributed by atoms with Crippen LogP contribution in [0.25, 0.3) is 0 Å². The predicted molar refractivity (Wildman–Crippen MR) is 70.9 cm³/mol. The molecule has 0 unspecified atom stereocenters. The van der Waals surface area contributed by atoms with Crippen LogP contribution in [0.2, 0.25) is 0 Å². The lowest BCUT2D eigenvalue weighted by Crippen LogP contribution is -2.33. The van der Waals surface area contributed by atoms with E-state index in [-0.39, 0.29) is 0 Å². The van der Waals surface area contributed by atoms with Gasteiger partial charge in [0.15, 0.2) is 0 Å². The van der Waals surface area contributed by atoms with E-state index in [1.165, 1.54) is 45.4 Å². The highest BCUT2D eigenvalue weighted by atomic mass is 15.1. The van der Waals surface area contributed by atoms with Crippen LogP contribution in [0, 0.1) is 5.92 Å². The molecule has 0 spiro atoms. The summed E-state index contributed by atoms with van der Waals surface area (Å²) in [5, 5.41) is 3.37. The molecule has 0 amide bonds. The molecule has 0 aromatic rings. The maximum Gasteiger partial charge on any atom is 0.0104 e. The molecule has 0 radical (unpaired) electrons. The lowest BCUT2D eigenvalue weighted by atomic mass is 9.94. The van der Waals surface area contributed by atoms with Gasteiger partial charge in [-0.25, -0.2) is 0 Å². The number of likely N-dealkylation sites (tertiary alicyclic amines) is 1. The van der Waals surface area contributed by atoms with Gasteiger partial charge >= 0.3 is 0 Å². The first-order chi connectivity index (χ1) is 7.72. The van der Waals surface area contributed by atoms with Crippen LogP contribution in [0.3, 0.4) is 0 Å². The Kier molecular flexibility index (Phi) is 7.01. The summed E-state index contributed by atoms with van der Waals surface area (Å²) in [7, 11) is 4.48. The highest BCUT2D eigenvalue weighted by Crippen LogP contribution is 2.19. The first-order valence-corrected chi connectivity index (χ1v) is 6.80. The number of hydrogen-bond donors (Lipinski definition) is 1. The molecule has 1 aliphatic heterocycles. The number of hydrogen-bond acceptors (Lipinski definition) is 3. The zero-order chi connectivity index (χ0) is 11.8. The van der Waals surface area contributed by atoms with E-state index in [4.69, 9.17) is 0 Å². The molecule has 16 heavy (non-hydrogen) atoms. The molecule has 0 aromatic carbocycles. The van der Waals surface area contributed by atoms with Crippen LogP contribution in [-0.4, -0.2) is 63.2 Å². The molecule has 1 fully saturated rings. The van der Waals surface area contributed by atoms with Gasteiger partial charge in [-0.05, 0) is 65.5 Å². The average molecular weight is 227 g/mol. The Labute approximate surface area is 101 Å². The van der Waals surface area contributed by atoms with Crippen molar-refractivity contribution in [3.63, 3.8) is 0 Å². The standard InChI is InChI=1S/C13H29N3/c1-4-14-8-12-16(3)11-7-13-5-9-15(2)10-6-13/h13-14H,4-12H2,1-3H3. The first-order valence-electron chi connectivity index (χ1n) is 6.80. The molecule has 3 nitrogen and oxygen atoms in total. The second kappa shape index (κ2) is 8.04. The number of likely N-dealkylation sites (N-methyl/N-ethyl adjacent to an activating group) is 2. The molecule has 96 valence electrons. The summed E-state index contributed by atoms with van der Waals surface area (Å²) in [6, 6.07) is 0. The van der Waals surface area contributed by atoms with E-state index in [1.807, 2.05) is 0 Å². The topological polar surface area (TPSA) is 18.5 Å². The predicted octanol–water partition coefficient (Wildman–Crippen LogP) is 1.26. The molecule has 1 aliphatic rings. The van der Waals surface area contributed by atoms with Crippen molar-refractivity contribution in [2.24, 2.45) is 5.92 Å². The van der Waals surface area contributed by atoms with Crippen molar-refractivity contribution in [2.45, 2.75) is 26.2 Å². The fourth-order valence-electron chi connectivity index (χ4n) is 2.31. The summed E-state index contributed by atoms with van der Waals surface area (Å²) in [6.07, 6.45) is 4.19. The summed E-state index contributed by atoms with van der Waals surface area (Å²) in [4.78, 5) is 4.91. The normalized spacial score (nSPS) is 19.5. The highest BCUT2D eigenvalue weighted by Gasteiger charge is 2.16. The van der Waals surface area contributed by atoms with Crippen molar-refractivity contribution in [2.75, 3.05) is 53.4 Å². The van der Waals surface area contributed by atoms with E-state index in [2.05, 4.69) is 36.1 Å². The maximum absolute atomic E-state index is 3.37. The van der Waals surface area contributed by atoms with Crippen LogP contribution >= 0.6 is 0 Å². The summed E-state index contributed by atoms with van der Waals surface area (Å²) in [5.41, 5.74) is 0. The van der Waals surface area contributed by atoms with Crippen LogP contribution in [0.1, 0.15) is 26.2 Å². The van der Waals surface area contributed by atoms with Crippen molar-refractivity contribution in [3.05, 3.63) is 0 Å². The molecule has 0 aliphatic carbocycles. The van der Waals surface area contributed by atoms with E-state index in [9.17, 15) is 0 Å². The van der Waals surface area contributed by atoms with Gasteiger partial charge in [0, 0.05) is 13.1 Å². The summed E-state index contributed by atoms with van der Waals surface area (Å²) in [6.45, 7) is 9.42. The van der Waals surface area contributed by atoms with E-state index >= 15 is 0 Å². The van der Waals surface area contributed by atoms with Crippen LogP contribution in [0.15, 0.2) is 0 Å². The van der Waals surface area contributed by atoms with Crippen LogP contribution < -0.4 is 5.32 Å². The Balaban J connectivity index is 2.00. The molecule has 1 saturated heterocycles. The zero-order valence-electron chi connectivity index (χ0n) is 11.3. The largest absolute Gasteiger partial charge is 0.316 e. The fourth-order valence-corrected chi connectivity index (χ4v) is 2.31. The van der Waals surface area contributed by atoms with Gasteiger partial charge in [0.05, 0.1) is 0 Å². The van der Waals surface area contributed by atoms with Gasteiger partial charge in [-0.3, -0.25) is 0 Å². The van der Waals surface area contributed by atoms with Gasteiger partial charge < -0.3 is 15.1 Å². The number of piperidine rings is 1.